The zero-order valence-corrected chi connectivity index (χ0v) is 12.5. The third kappa shape index (κ3) is 5.35. The molecule has 1 N–H and O–H groups in total. The van der Waals surface area contributed by atoms with Gasteiger partial charge in [-0.25, -0.2) is 0 Å². The van der Waals surface area contributed by atoms with Crippen molar-refractivity contribution in [1.82, 2.24) is 10.2 Å². The Morgan fingerprint density at radius 1 is 1.30 bits per heavy atom. The third-order valence-electron chi connectivity index (χ3n) is 3.47. The standard InChI is InChI=1S/C17H26N2O/c1-2-9-18-15-16-7-6-8-17(14-16)20-13-12-19-10-4-3-5-11-19/h3-4,6-8,14,18H,2,5,9-13,15H2,1H3. The van der Waals surface area contributed by atoms with Crippen LogP contribution in [0.4, 0.5) is 0 Å². The maximum absolute atomic E-state index is 5.86. The molecule has 1 aliphatic heterocycles. The number of nitrogens with one attached hydrogen (secondary N) is 1. The van der Waals surface area contributed by atoms with E-state index >= 15 is 0 Å². The highest BCUT2D eigenvalue weighted by Gasteiger charge is 2.05. The van der Waals surface area contributed by atoms with Crippen molar-refractivity contribution >= 4 is 0 Å². The van der Waals surface area contributed by atoms with Crippen molar-refractivity contribution in [2.24, 2.45) is 0 Å². The summed E-state index contributed by atoms with van der Waals surface area (Å²) in [6.07, 6.45) is 6.83. The van der Waals surface area contributed by atoms with Crippen LogP contribution in [-0.4, -0.2) is 37.7 Å². The Bertz CT molecular complexity index is 417. The Morgan fingerprint density at radius 3 is 3.05 bits per heavy atom. The lowest BCUT2D eigenvalue weighted by atomic mass is 10.2. The minimum Gasteiger partial charge on any atom is -0.492 e. The van der Waals surface area contributed by atoms with E-state index in [0.29, 0.717) is 0 Å². The molecule has 3 heteroatoms. The molecule has 0 saturated heterocycles. The summed E-state index contributed by atoms with van der Waals surface area (Å²) in [5.74, 6) is 0.980. The fraction of sp³-hybridized carbons (Fsp3) is 0.529. The first-order valence-electron chi connectivity index (χ1n) is 7.68. The second kappa shape index (κ2) is 8.77. The molecule has 0 fully saturated rings. The van der Waals surface area contributed by atoms with Gasteiger partial charge in [-0.2, -0.15) is 0 Å². The minimum absolute atomic E-state index is 0.764. The summed E-state index contributed by atoms with van der Waals surface area (Å²) in [5, 5.41) is 3.41. The summed E-state index contributed by atoms with van der Waals surface area (Å²) in [7, 11) is 0. The van der Waals surface area contributed by atoms with Crippen LogP contribution < -0.4 is 10.1 Å². The Hall–Kier alpha value is -1.32. The monoisotopic (exact) mass is 274 g/mol. The third-order valence-corrected chi connectivity index (χ3v) is 3.47. The molecule has 1 heterocycles. The zero-order valence-electron chi connectivity index (χ0n) is 12.5. The summed E-state index contributed by atoms with van der Waals surface area (Å²) >= 11 is 0. The second-order valence-electron chi connectivity index (χ2n) is 5.23. The largest absolute Gasteiger partial charge is 0.492 e. The maximum Gasteiger partial charge on any atom is 0.119 e. The van der Waals surface area contributed by atoms with Crippen LogP contribution >= 0.6 is 0 Å². The van der Waals surface area contributed by atoms with Crippen LogP contribution in [0.3, 0.4) is 0 Å². The molecule has 0 saturated carbocycles. The summed E-state index contributed by atoms with van der Waals surface area (Å²) < 4.78 is 5.86. The van der Waals surface area contributed by atoms with Crippen molar-refractivity contribution in [3.05, 3.63) is 42.0 Å². The van der Waals surface area contributed by atoms with E-state index in [9.17, 15) is 0 Å². The van der Waals surface area contributed by atoms with Crippen molar-refractivity contribution < 1.29 is 4.74 Å². The molecule has 0 aliphatic carbocycles. The fourth-order valence-electron chi connectivity index (χ4n) is 2.34. The van der Waals surface area contributed by atoms with Crippen molar-refractivity contribution in [3.8, 4) is 5.75 Å². The van der Waals surface area contributed by atoms with Crippen molar-refractivity contribution in [2.45, 2.75) is 26.3 Å². The molecule has 1 aromatic carbocycles. The predicted octanol–water partition coefficient (Wildman–Crippen LogP) is 2.83. The zero-order chi connectivity index (χ0) is 14.0. The first-order chi connectivity index (χ1) is 9.88. The van der Waals surface area contributed by atoms with E-state index in [2.05, 4.69) is 47.5 Å². The highest BCUT2D eigenvalue weighted by molar-refractivity contribution is 5.28. The van der Waals surface area contributed by atoms with E-state index in [-0.39, 0.29) is 0 Å². The quantitative estimate of drug-likeness (QED) is 0.583. The smallest absolute Gasteiger partial charge is 0.119 e. The number of ether oxygens (including phenoxy) is 1. The van der Waals surface area contributed by atoms with Crippen molar-refractivity contribution in [2.75, 3.05) is 32.8 Å². The number of hydrogen-bond donors (Lipinski definition) is 1. The van der Waals surface area contributed by atoms with Gasteiger partial charge in [-0.05, 0) is 37.1 Å². The van der Waals surface area contributed by atoms with Crippen LogP contribution in [-0.2, 0) is 6.54 Å². The maximum atomic E-state index is 5.86. The lowest BCUT2D eigenvalue weighted by molar-refractivity contribution is 0.221. The molecule has 20 heavy (non-hydrogen) atoms. The van der Waals surface area contributed by atoms with E-state index in [0.717, 1.165) is 45.1 Å². The molecule has 0 aromatic heterocycles. The van der Waals surface area contributed by atoms with Crippen LogP contribution in [0.5, 0.6) is 5.75 Å². The van der Waals surface area contributed by atoms with Gasteiger partial charge >= 0.3 is 0 Å². The van der Waals surface area contributed by atoms with E-state index in [4.69, 9.17) is 4.74 Å². The van der Waals surface area contributed by atoms with Gasteiger partial charge < -0.3 is 10.1 Å². The number of hydrogen-bond acceptors (Lipinski definition) is 3. The first kappa shape index (κ1) is 15.1. The average molecular weight is 274 g/mol. The molecule has 3 nitrogen and oxygen atoms in total. The Kier molecular flexibility index (Phi) is 6.61. The molecule has 0 amide bonds. The second-order valence-corrected chi connectivity index (χ2v) is 5.23. The minimum atomic E-state index is 0.764. The Morgan fingerprint density at radius 2 is 2.25 bits per heavy atom. The first-order valence-corrected chi connectivity index (χ1v) is 7.68. The van der Waals surface area contributed by atoms with Gasteiger partial charge in [0.1, 0.15) is 12.4 Å². The van der Waals surface area contributed by atoms with Crippen LogP contribution in [0.2, 0.25) is 0 Å². The number of rotatable bonds is 8. The van der Waals surface area contributed by atoms with Crippen LogP contribution in [0, 0.1) is 0 Å². The Balaban J connectivity index is 1.71. The highest BCUT2D eigenvalue weighted by atomic mass is 16.5. The van der Waals surface area contributed by atoms with Gasteiger partial charge in [-0.15, -0.1) is 0 Å². The molecule has 0 spiro atoms. The van der Waals surface area contributed by atoms with E-state index in [1.807, 2.05) is 6.07 Å². The van der Waals surface area contributed by atoms with Crippen molar-refractivity contribution in [1.29, 1.82) is 0 Å². The van der Waals surface area contributed by atoms with Gasteiger partial charge in [0.25, 0.3) is 0 Å². The number of nitrogens with zero attached hydrogens (tertiary/aromatic N) is 1. The van der Waals surface area contributed by atoms with Crippen LogP contribution in [0.1, 0.15) is 25.3 Å². The van der Waals surface area contributed by atoms with E-state index in [1.54, 1.807) is 0 Å². The summed E-state index contributed by atoms with van der Waals surface area (Å²) in [6.45, 7) is 8.14. The molecule has 0 bridgehead atoms. The van der Waals surface area contributed by atoms with Gasteiger partial charge in [0.05, 0.1) is 0 Å². The van der Waals surface area contributed by atoms with E-state index < -0.39 is 0 Å². The number of benzene rings is 1. The van der Waals surface area contributed by atoms with Gasteiger partial charge in [0, 0.05) is 26.2 Å². The molecule has 0 atom stereocenters. The summed E-state index contributed by atoms with van der Waals surface area (Å²) in [4.78, 5) is 2.42. The molecule has 1 aliphatic rings. The van der Waals surface area contributed by atoms with E-state index in [1.165, 1.54) is 18.4 Å². The van der Waals surface area contributed by atoms with Crippen molar-refractivity contribution in [3.63, 3.8) is 0 Å². The molecule has 2 rings (SSSR count). The van der Waals surface area contributed by atoms with Gasteiger partial charge in [-0.1, -0.05) is 31.2 Å². The average Bonchev–Trinajstić information content (AvgIpc) is 2.49. The fourth-order valence-corrected chi connectivity index (χ4v) is 2.34. The molecular weight excluding hydrogens is 248 g/mol. The Labute approximate surface area is 122 Å². The highest BCUT2D eigenvalue weighted by Crippen LogP contribution is 2.13. The molecule has 0 unspecified atom stereocenters. The summed E-state index contributed by atoms with van der Waals surface area (Å²) in [6, 6.07) is 8.39. The predicted molar refractivity (Wildman–Crippen MR) is 84.1 cm³/mol. The van der Waals surface area contributed by atoms with Gasteiger partial charge in [0.15, 0.2) is 0 Å². The molecule has 1 aromatic rings. The topological polar surface area (TPSA) is 24.5 Å². The SMILES string of the molecule is CCCNCc1cccc(OCCN2CC=CCC2)c1. The molecule has 0 radical (unpaired) electrons. The van der Waals surface area contributed by atoms with Gasteiger partial charge in [-0.3, -0.25) is 4.90 Å². The summed E-state index contributed by atoms with van der Waals surface area (Å²) in [5.41, 5.74) is 1.29. The van der Waals surface area contributed by atoms with Crippen LogP contribution in [0.25, 0.3) is 0 Å². The van der Waals surface area contributed by atoms with Crippen LogP contribution in [0.15, 0.2) is 36.4 Å². The normalized spacial score (nSPS) is 15.4. The lowest BCUT2D eigenvalue weighted by Crippen LogP contribution is -2.31. The molecular formula is C17H26N2O. The molecule has 110 valence electrons. The lowest BCUT2D eigenvalue weighted by Gasteiger charge is -2.22. The van der Waals surface area contributed by atoms with Gasteiger partial charge in [0.2, 0.25) is 0 Å².